The van der Waals surface area contributed by atoms with E-state index in [-0.39, 0.29) is 27.8 Å². The van der Waals surface area contributed by atoms with E-state index in [1.807, 2.05) is 0 Å². The molecule has 2 aromatic carbocycles. The Hall–Kier alpha value is -2.81. The van der Waals surface area contributed by atoms with E-state index >= 15 is 0 Å². The normalized spacial score (nSPS) is 13.0. The number of pyridine rings is 1. The molecule has 10 heteroatoms. The SMILES string of the molecule is NC(=O)c1cccc(Cl)c1N1C(=O)NCc2nc(Sc3ccc(F)cc3Cl)ccc21. The molecule has 3 amide bonds. The van der Waals surface area contributed by atoms with Crippen LogP contribution in [-0.2, 0) is 6.54 Å². The monoisotopic (exact) mass is 462 g/mol. The average Bonchev–Trinajstić information content (AvgIpc) is 2.70. The average molecular weight is 463 g/mol. The van der Waals surface area contributed by atoms with Crippen LogP contribution in [0.4, 0.5) is 20.6 Å². The van der Waals surface area contributed by atoms with E-state index in [2.05, 4.69) is 10.3 Å². The van der Waals surface area contributed by atoms with Gasteiger partial charge in [-0.05, 0) is 42.5 Å². The Kier molecular flexibility index (Phi) is 5.55. The molecule has 0 aliphatic carbocycles. The Labute approximate surface area is 185 Å². The van der Waals surface area contributed by atoms with Gasteiger partial charge in [0, 0.05) is 4.90 Å². The fraction of sp³-hybridized carbons (Fsp3) is 0.0500. The van der Waals surface area contributed by atoms with Gasteiger partial charge in [0.05, 0.1) is 39.2 Å². The van der Waals surface area contributed by atoms with Crippen LogP contribution in [0.15, 0.2) is 58.5 Å². The molecule has 0 unspecified atom stereocenters. The summed E-state index contributed by atoms with van der Waals surface area (Å²) < 4.78 is 13.3. The van der Waals surface area contributed by atoms with Gasteiger partial charge in [0.2, 0.25) is 0 Å². The molecule has 3 aromatic rings. The number of urea groups is 1. The minimum Gasteiger partial charge on any atom is -0.366 e. The summed E-state index contributed by atoms with van der Waals surface area (Å²) in [5.74, 6) is -1.13. The third-order valence-electron chi connectivity index (χ3n) is 4.36. The smallest absolute Gasteiger partial charge is 0.326 e. The first kappa shape index (κ1) is 20.5. The maximum absolute atomic E-state index is 13.3. The first-order chi connectivity index (χ1) is 14.3. The lowest BCUT2D eigenvalue weighted by Gasteiger charge is -2.31. The summed E-state index contributed by atoms with van der Waals surface area (Å²) in [5, 5.41) is 3.80. The van der Waals surface area contributed by atoms with Crippen LogP contribution in [0.5, 0.6) is 0 Å². The van der Waals surface area contributed by atoms with Gasteiger partial charge in [-0.2, -0.15) is 0 Å². The second-order valence-electron chi connectivity index (χ2n) is 6.29. The van der Waals surface area contributed by atoms with E-state index in [1.165, 1.54) is 34.9 Å². The number of benzene rings is 2. The molecule has 4 rings (SSSR count). The second-order valence-corrected chi connectivity index (χ2v) is 8.16. The molecule has 6 nitrogen and oxygen atoms in total. The van der Waals surface area contributed by atoms with Crippen molar-refractivity contribution in [1.82, 2.24) is 10.3 Å². The van der Waals surface area contributed by atoms with Crippen molar-refractivity contribution in [1.29, 1.82) is 0 Å². The highest BCUT2D eigenvalue weighted by molar-refractivity contribution is 7.99. The maximum atomic E-state index is 13.3. The Bertz CT molecular complexity index is 1190. The lowest BCUT2D eigenvalue weighted by Crippen LogP contribution is -2.42. The maximum Gasteiger partial charge on any atom is 0.326 e. The minimum absolute atomic E-state index is 0.113. The van der Waals surface area contributed by atoms with E-state index in [0.717, 1.165) is 0 Å². The van der Waals surface area contributed by atoms with Crippen molar-refractivity contribution in [2.75, 3.05) is 4.90 Å². The van der Waals surface area contributed by atoms with Gasteiger partial charge in [-0.3, -0.25) is 9.69 Å². The standard InChI is InChI=1S/C20H13Cl2FN4O2S/c21-12-3-1-2-11(19(24)28)18(12)27-15-5-7-17(26-14(15)9-25-20(27)29)30-16-6-4-10(23)8-13(16)22/h1-8H,9H2,(H2,24,28)(H,25,29). The predicted octanol–water partition coefficient (Wildman–Crippen LogP) is 5.14. The summed E-state index contributed by atoms with van der Waals surface area (Å²) in [6.07, 6.45) is 0. The topological polar surface area (TPSA) is 88.3 Å². The Morgan fingerprint density at radius 3 is 2.70 bits per heavy atom. The van der Waals surface area contributed by atoms with Crippen LogP contribution >= 0.6 is 35.0 Å². The summed E-state index contributed by atoms with van der Waals surface area (Å²) in [5.41, 5.74) is 6.82. The van der Waals surface area contributed by atoms with Crippen LogP contribution < -0.4 is 16.0 Å². The molecule has 0 spiro atoms. The number of para-hydroxylation sites is 1. The molecule has 1 aliphatic rings. The van der Waals surface area contributed by atoms with Crippen LogP contribution in [-0.4, -0.2) is 16.9 Å². The van der Waals surface area contributed by atoms with Crippen molar-refractivity contribution in [2.45, 2.75) is 16.5 Å². The highest BCUT2D eigenvalue weighted by Crippen LogP contribution is 2.40. The van der Waals surface area contributed by atoms with Crippen molar-refractivity contribution in [3.63, 3.8) is 0 Å². The van der Waals surface area contributed by atoms with Gasteiger partial charge in [-0.25, -0.2) is 14.2 Å². The summed E-state index contributed by atoms with van der Waals surface area (Å²) in [6, 6.07) is 11.7. The molecule has 1 aromatic heterocycles. The van der Waals surface area contributed by atoms with Crippen LogP contribution in [0.25, 0.3) is 0 Å². The number of hydrogen-bond donors (Lipinski definition) is 2. The molecule has 0 atom stereocenters. The number of primary amides is 1. The molecule has 0 saturated carbocycles. The number of carbonyl (C=O) groups excluding carboxylic acids is 2. The molecule has 2 heterocycles. The Morgan fingerprint density at radius 2 is 1.97 bits per heavy atom. The number of halogens is 3. The highest BCUT2D eigenvalue weighted by Gasteiger charge is 2.31. The van der Waals surface area contributed by atoms with Gasteiger partial charge in [0.25, 0.3) is 5.91 Å². The molecule has 3 N–H and O–H groups in total. The number of aromatic nitrogens is 1. The van der Waals surface area contributed by atoms with E-state index in [4.69, 9.17) is 28.9 Å². The molecular weight excluding hydrogens is 450 g/mol. The number of amides is 3. The molecule has 30 heavy (non-hydrogen) atoms. The van der Waals surface area contributed by atoms with Crippen LogP contribution in [0.3, 0.4) is 0 Å². The van der Waals surface area contributed by atoms with Crippen LogP contribution in [0.2, 0.25) is 10.0 Å². The first-order valence-electron chi connectivity index (χ1n) is 8.64. The van der Waals surface area contributed by atoms with Crippen molar-refractivity contribution in [3.8, 4) is 0 Å². The molecule has 0 fully saturated rings. The lowest BCUT2D eigenvalue weighted by atomic mass is 10.1. The number of hydrogen-bond acceptors (Lipinski definition) is 4. The van der Waals surface area contributed by atoms with Crippen molar-refractivity contribution in [2.24, 2.45) is 5.73 Å². The molecule has 0 radical (unpaired) electrons. The minimum atomic E-state index is -0.710. The summed E-state index contributed by atoms with van der Waals surface area (Å²) in [4.78, 5) is 31.1. The molecule has 0 saturated heterocycles. The summed E-state index contributed by atoms with van der Waals surface area (Å²) in [6.45, 7) is 0.187. The Balaban J connectivity index is 1.75. The molecule has 152 valence electrons. The van der Waals surface area contributed by atoms with E-state index in [1.54, 1.807) is 30.3 Å². The van der Waals surface area contributed by atoms with Crippen LogP contribution in [0, 0.1) is 5.82 Å². The number of anilines is 2. The summed E-state index contributed by atoms with van der Waals surface area (Å²) in [7, 11) is 0. The van der Waals surface area contributed by atoms with Gasteiger partial charge in [-0.1, -0.05) is 41.0 Å². The second kappa shape index (κ2) is 8.14. The van der Waals surface area contributed by atoms with Crippen molar-refractivity contribution >= 4 is 58.3 Å². The van der Waals surface area contributed by atoms with Gasteiger partial charge in [0.15, 0.2) is 0 Å². The van der Waals surface area contributed by atoms with Gasteiger partial charge in [0.1, 0.15) is 10.8 Å². The fourth-order valence-corrected chi connectivity index (χ4v) is 4.40. The fourth-order valence-electron chi connectivity index (χ4n) is 3.05. The quantitative estimate of drug-likeness (QED) is 0.561. The third kappa shape index (κ3) is 3.81. The van der Waals surface area contributed by atoms with Gasteiger partial charge >= 0.3 is 6.03 Å². The van der Waals surface area contributed by atoms with Crippen molar-refractivity contribution in [3.05, 3.63) is 75.7 Å². The number of fused-ring (bicyclic) bond motifs is 1. The number of carbonyl (C=O) groups is 2. The lowest BCUT2D eigenvalue weighted by molar-refractivity contribution is 0.100. The highest BCUT2D eigenvalue weighted by atomic mass is 35.5. The van der Waals surface area contributed by atoms with Gasteiger partial charge < -0.3 is 11.1 Å². The van der Waals surface area contributed by atoms with E-state index < -0.39 is 17.8 Å². The van der Waals surface area contributed by atoms with E-state index in [9.17, 15) is 14.0 Å². The predicted molar refractivity (Wildman–Crippen MR) is 114 cm³/mol. The molecule has 0 bridgehead atoms. The van der Waals surface area contributed by atoms with Crippen molar-refractivity contribution < 1.29 is 14.0 Å². The first-order valence-corrected chi connectivity index (χ1v) is 10.2. The number of nitrogens with one attached hydrogen (secondary N) is 1. The zero-order valence-electron chi connectivity index (χ0n) is 15.2. The van der Waals surface area contributed by atoms with Crippen LogP contribution in [0.1, 0.15) is 16.1 Å². The zero-order chi connectivity index (χ0) is 21.4. The third-order valence-corrected chi connectivity index (χ3v) is 6.10. The number of nitrogens with zero attached hydrogens (tertiary/aromatic N) is 2. The van der Waals surface area contributed by atoms with E-state index in [0.29, 0.717) is 21.3 Å². The number of nitrogens with two attached hydrogens (primary N) is 1. The van der Waals surface area contributed by atoms with Gasteiger partial charge in [-0.15, -0.1) is 0 Å². The zero-order valence-corrected chi connectivity index (χ0v) is 17.5. The largest absolute Gasteiger partial charge is 0.366 e. The molecular formula is C20H13Cl2FN4O2S. The molecule has 1 aliphatic heterocycles. The number of rotatable bonds is 4. The summed E-state index contributed by atoms with van der Waals surface area (Å²) >= 11 is 13.7. The Morgan fingerprint density at radius 1 is 1.17 bits per heavy atom.